The fourth-order valence-electron chi connectivity index (χ4n) is 3.80. The van der Waals surface area contributed by atoms with E-state index in [4.69, 9.17) is 16.6 Å². The maximum absolute atomic E-state index is 12.4. The summed E-state index contributed by atoms with van der Waals surface area (Å²) >= 11 is 6.33. The van der Waals surface area contributed by atoms with Crippen LogP contribution in [0, 0.1) is 6.92 Å². The Bertz CT molecular complexity index is 998. The van der Waals surface area contributed by atoms with Gasteiger partial charge in [-0.05, 0) is 56.0 Å². The minimum atomic E-state index is -0.0180. The molecule has 0 N–H and O–H groups in total. The molecular formula is C21H22ClN3O. The molecule has 1 unspecified atom stereocenters. The van der Waals surface area contributed by atoms with Crippen molar-refractivity contribution in [3.8, 4) is 0 Å². The Morgan fingerprint density at radius 1 is 1.23 bits per heavy atom. The van der Waals surface area contributed by atoms with Gasteiger partial charge >= 0.3 is 0 Å². The van der Waals surface area contributed by atoms with E-state index >= 15 is 0 Å². The third-order valence-electron chi connectivity index (χ3n) is 5.14. The Hall–Kier alpha value is -2.17. The van der Waals surface area contributed by atoms with Crippen LogP contribution in [0.25, 0.3) is 5.65 Å². The van der Waals surface area contributed by atoms with Crippen LogP contribution in [0.2, 0.25) is 5.02 Å². The van der Waals surface area contributed by atoms with E-state index in [1.54, 1.807) is 10.5 Å². The molecule has 2 aromatic heterocycles. The molecule has 0 spiro atoms. The molecular weight excluding hydrogens is 346 g/mol. The van der Waals surface area contributed by atoms with Crippen LogP contribution in [0.4, 0.5) is 0 Å². The predicted molar refractivity (Wildman–Crippen MR) is 105 cm³/mol. The number of benzene rings is 1. The van der Waals surface area contributed by atoms with Crippen molar-refractivity contribution in [2.45, 2.75) is 38.8 Å². The van der Waals surface area contributed by atoms with Gasteiger partial charge in [0.2, 0.25) is 0 Å². The fraction of sp³-hybridized carbons (Fsp3) is 0.333. The number of halogens is 1. The Balaban J connectivity index is 1.56. The van der Waals surface area contributed by atoms with E-state index in [0.717, 1.165) is 35.7 Å². The van der Waals surface area contributed by atoms with E-state index in [2.05, 4.69) is 11.0 Å². The smallest absolute Gasteiger partial charge is 0.258 e. The highest BCUT2D eigenvalue weighted by Crippen LogP contribution is 2.25. The molecule has 1 aromatic carbocycles. The maximum Gasteiger partial charge on any atom is 0.258 e. The second-order valence-electron chi connectivity index (χ2n) is 7.08. The SMILES string of the molecule is Cc1ccc2nc(CN3CCCC3Cc3ccccc3Cl)cc(=O)n2c1. The highest BCUT2D eigenvalue weighted by atomic mass is 35.5. The third-order valence-corrected chi connectivity index (χ3v) is 5.51. The standard InChI is InChI=1S/C21H22ClN3O/c1-15-8-9-20-23-17(12-21(26)25(20)13-15)14-24-10-4-6-18(24)11-16-5-2-3-7-19(16)22/h2-3,5,7-9,12-13,18H,4,6,10-11,14H2,1H3. The van der Waals surface area contributed by atoms with Gasteiger partial charge in [0, 0.05) is 29.9 Å². The van der Waals surface area contributed by atoms with E-state index in [1.165, 1.54) is 12.0 Å². The summed E-state index contributed by atoms with van der Waals surface area (Å²) in [6, 6.07) is 14.0. The average Bonchev–Trinajstić information content (AvgIpc) is 3.04. The van der Waals surface area contributed by atoms with Gasteiger partial charge in [0.25, 0.3) is 5.56 Å². The molecule has 1 aliphatic heterocycles. The summed E-state index contributed by atoms with van der Waals surface area (Å²) in [7, 11) is 0. The minimum Gasteiger partial charge on any atom is -0.294 e. The molecule has 0 aliphatic carbocycles. The van der Waals surface area contributed by atoms with Crippen molar-refractivity contribution >= 4 is 17.2 Å². The van der Waals surface area contributed by atoms with Crippen molar-refractivity contribution in [3.63, 3.8) is 0 Å². The molecule has 4 nitrogen and oxygen atoms in total. The van der Waals surface area contributed by atoms with Crippen LogP contribution < -0.4 is 5.56 Å². The zero-order chi connectivity index (χ0) is 18.1. The average molecular weight is 368 g/mol. The number of nitrogens with zero attached hydrogens (tertiary/aromatic N) is 3. The number of aromatic nitrogens is 2. The molecule has 5 heteroatoms. The lowest BCUT2D eigenvalue weighted by Gasteiger charge is -2.24. The van der Waals surface area contributed by atoms with Crippen molar-refractivity contribution in [1.82, 2.24) is 14.3 Å². The molecule has 0 saturated carbocycles. The second-order valence-corrected chi connectivity index (χ2v) is 7.49. The molecule has 1 aliphatic rings. The van der Waals surface area contributed by atoms with Crippen LogP contribution in [-0.2, 0) is 13.0 Å². The number of rotatable bonds is 4. The first-order chi connectivity index (χ1) is 12.6. The number of hydrogen-bond donors (Lipinski definition) is 0. The first kappa shape index (κ1) is 17.3. The van der Waals surface area contributed by atoms with E-state index in [1.807, 2.05) is 43.5 Å². The normalized spacial score (nSPS) is 17.8. The lowest BCUT2D eigenvalue weighted by molar-refractivity contribution is 0.241. The molecule has 134 valence electrons. The molecule has 1 fully saturated rings. The summed E-state index contributed by atoms with van der Waals surface area (Å²) in [5.41, 5.74) is 3.77. The first-order valence-corrected chi connectivity index (χ1v) is 9.44. The molecule has 0 radical (unpaired) electrons. The molecule has 4 rings (SSSR count). The number of fused-ring (bicyclic) bond motifs is 1. The third kappa shape index (κ3) is 3.53. The van der Waals surface area contributed by atoms with E-state index in [0.29, 0.717) is 18.2 Å². The summed E-state index contributed by atoms with van der Waals surface area (Å²) in [5.74, 6) is 0. The minimum absolute atomic E-state index is 0.0180. The molecule has 3 aromatic rings. The van der Waals surface area contributed by atoms with Crippen LogP contribution >= 0.6 is 11.6 Å². The van der Waals surface area contributed by atoms with Crippen LogP contribution in [0.3, 0.4) is 0 Å². The second kappa shape index (κ2) is 7.22. The molecule has 1 saturated heterocycles. The summed E-state index contributed by atoms with van der Waals surface area (Å²) in [6.45, 7) is 3.71. The van der Waals surface area contributed by atoms with Gasteiger partial charge in [-0.3, -0.25) is 14.1 Å². The van der Waals surface area contributed by atoms with Crippen molar-refractivity contribution in [3.05, 3.63) is 80.9 Å². The summed E-state index contributed by atoms with van der Waals surface area (Å²) in [4.78, 5) is 19.6. The zero-order valence-corrected chi connectivity index (χ0v) is 15.6. The highest BCUT2D eigenvalue weighted by molar-refractivity contribution is 6.31. The molecule has 0 bridgehead atoms. The van der Waals surface area contributed by atoms with Crippen molar-refractivity contribution in [2.75, 3.05) is 6.54 Å². The molecule has 1 atom stereocenters. The van der Waals surface area contributed by atoms with Crippen molar-refractivity contribution in [1.29, 1.82) is 0 Å². The van der Waals surface area contributed by atoms with Crippen LogP contribution in [0.5, 0.6) is 0 Å². The topological polar surface area (TPSA) is 37.6 Å². The number of likely N-dealkylation sites (tertiary alicyclic amines) is 1. The van der Waals surface area contributed by atoms with Gasteiger partial charge in [-0.25, -0.2) is 4.98 Å². The Morgan fingerprint density at radius 2 is 2.08 bits per heavy atom. The van der Waals surface area contributed by atoms with Gasteiger partial charge in [0.15, 0.2) is 0 Å². The van der Waals surface area contributed by atoms with Gasteiger partial charge in [-0.2, -0.15) is 0 Å². The number of hydrogen-bond acceptors (Lipinski definition) is 3. The summed E-state index contributed by atoms with van der Waals surface area (Å²) < 4.78 is 1.62. The molecule has 26 heavy (non-hydrogen) atoms. The van der Waals surface area contributed by atoms with Gasteiger partial charge < -0.3 is 0 Å². The maximum atomic E-state index is 12.4. The van der Waals surface area contributed by atoms with Crippen molar-refractivity contribution in [2.24, 2.45) is 0 Å². The van der Waals surface area contributed by atoms with Crippen LogP contribution in [0.15, 0.2) is 53.5 Å². The number of aryl methyl sites for hydroxylation is 1. The van der Waals surface area contributed by atoms with E-state index in [-0.39, 0.29) is 5.56 Å². The van der Waals surface area contributed by atoms with E-state index < -0.39 is 0 Å². The quantitative estimate of drug-likeness (QED) is 0.702. The lowest BCUT2D eigenvalue weighted by atomic mass is 10.0. The zero-order valence-electron chi connectivity index (χ0n) is 14.9. The molecule has 0 amide bonds. The van der Waals surface area contributed by atoms with Crippen LogP contribution in [-0.4, -0.2) is 26.9 Å². The van der Waals surface area contributed by atoms with Crippen LogP contribution in [0.1, 0.15) is 29.7 Å². The highest BCUT2D eigenvalue weighted by Gasteiger charge is 2.25. The molecule has 3 heterocycles. The fourth-order valence-corrected chi connectivity index (χ4v) is 4.01. The summed E-state index contributed by atoms with van der Waals surface area (Å²) in [5, 5.41) is 0.830. The Labute approximate surface area is 158 Å². The van der Waals surface area contributed by atoms with Gasteiger partial charge in [0.1, 0.15) is 5.65 Å². The van der Waals surface area contributed by atoms with Crippen molar-refractivity contribution < 1.29 is 0 Å². The van der Waals surface area contributed by atoms with E-state index in [9.17, 15) is 4.79 Å². The Kier molecular flexibility index (Phi) is 4.79. The Morgan fingerprint density at radius 3 is 2.92 bits per heavy atom. The predicted octanol–water partition coefficient (Wildman–Crippen LogP) is 3.86. The van der Waals surface area contributed by atoms with Gasteiger partial charge in [-0.1, -0.05) is 35.9 Å². The largest absolute Gasteiger partial charge is 0.294 e. The van der Waals surface area contributed by atoms with Gasteiger partial charge in [0.05, 0.1) is 5.69 Å². The monoisotopic (exact) mass is 367 g/mol. The first-order valence-electron chi connectivity index (χ1n) is 9.06. The summed E-state index contributed by atoms with van der Waals surface area (Å²) in [6.07, 6.45) is 5.09. The van der Waals surface area contributed by atoms with Gasteiger partial charge in [-0.15, -0.1) is 0 Å². The number of pyridine rings is 1. The lowest BCUT2D eigenvalue weighted by Crippen LogP contribution is -2.31.